The van der Waals surface area contributed by atoms with E-state index in [0.29, 0.717) is 4.88 Å². The quantitative estimate of drug-likeness (QED) is 0.555. The molecule has 0 spiro atoms. The van der Waals surface area contributed by atoms with Crippen LogP contribution in [-0.2, 0) is 13.5 Å². The number of aryl methyl sites for hydroxylation is 3. The molecule has 0 bridgehead atoms. The molecule has 136 valence electrons. The van der Waals surface area contributed by atoms with Gasteiger partial charge in [0, 0.05) is 36.1 Å². The van der Waals surface area contributed by atoms with Crippen LogP contribution in [0, 0.1) is 6.92 Å². The number of hydrogen-bond donors (Lipinski definition) is 1. The van der Waals surface area contributed by atoms with E-state index in [-0.39, 0.29) is 5.91 Å². The summed E-state index contributed by atoms with van der Waals surface area (Å²) < 4.78 is 1.98. The smallest absolute Gasteiger partial charge is 0.267 e. The molecule has 1 N–H and O–H groups in total. The van der Waals surface area contributed by atoms with Gasteiger partial charge in [0.15, 0.2) is 0 Å². The van der Waals surface area contributed by atoms with Crippen LogP contribution in [0.2, 0.25) is 0 Å². The lowest BCUT2D eigenvalue weighted by Crippen LogP contribution is -2.12. The molecule has 0 saturated carbocycles. The largest absolute Gasteiger partial charge is 0.335 e. The molecule has 27 heavy (non-hydrogen) atoms. The number of amides is 1. The van der Waals surface area contributed by atoms with Crippen molar-refractivity contribution < 1.29 is 4.79 Å². The average Bonchev–Trinajstić information content (AvgIpc) is 3.23. The predicted molar refractivity (Wildman–Crippen MR) is 110 cm³/mol. The molecular formula is C21H20N4OS. The normalized spacial score (nSPS) is 11.1. The summed E-state index contributed by atoms with van der Waals surface area (Å²) >= 11 is 1.42. The van der Waals surface area contributed by atoms with Gasteiger partial charge in [0.2, 0.25) is 0 Å². The van der Waals surface area contributed by atoms with Crippen molar-refractivity contribution in [3.8, 4) is 10.6 Å². The Kier molecular flexibility index (Phi) is 4.49. The summed E-state index contributed by atoms with van der Waals surface area (Å²) in [7, 11) is 1.97. The van der Waals surface area contributed by atoms with Crippen LogP contribution in [0.15, 0.2) is 48.8 Å². The molecule has 0 aliphatic rings. The zero-order valence-electron chi connectivity index (χ0n) is 15.5. The number of rotatable bonds is 4. The SMILES string of the molecule is CCc1ccccc1NC(=O)c1sc(-c2cn(C)c3ncccc23)nc1C. The van der Waals surface area contributed by atoms with Crippen LogP contribution in [0.25, 0.3) is 21.6 Å². The number of thiazole rings is 1. The van der Waals surface area contributed by atoms with Crippen molar-refractivity contribution >= 4 is 34.0 Å². The topological polar surface area (TPSA) is 59.8 Å². The van der Waals surface area contributed by atoms with Crippen molar-refractivity contribution in [1.82, 2.24) is 14.5 Å². The second-order valence-electron chi connectivity index (χ2n) is 6.43. The number of nitrogens with one attached hydrogen (secondary N) is 1. The third-order valence-electron chi connectivity index (χ3n) is 4.61. The van der Waals surface area contributed by atoms with E-state index in [9.17, 15) is 4.79 Å². The molecule has 3 heterocycles. The van der Waals surface area contributed by atoms with Crippen molar-refractivity contribution in [2.45, 2.75) is 20.3 Å². The van der Waals surface area contributed by atoms with Crippen LogP contribution in [0.5, 0.6) is 0 Å². The number of hydrogen-bond acceptors (Lipinski definition) is 4. The predicted octanol–water partition coefficient (Wildman–Crippen LogP) is 4.82. The Balaban J connectivity index is 1.70. The van der Waals surface area contributed by atoms with Crippen LogP contribution in [0.4, 0.5) is 5.69 Å². The number of nitrogens with zero attached hydrogens (tertiary/aromatic N) is 3. The maximum atomic E-state index is 12.9. The Bertz CT molecular complexity index is 1140. The van der Waals surface area contributed by atoms with Gasteiger partial charge in [-0.05, 0) is 37.1 Å². The lowest BCUT2D eigenvalue weighted by atomic mass is 10.1. The molecular weight excluding hydrogens is 356 g/mol. The minimum absolute atomic E-state index is 0.115. The molecule has 3 aromatic heterocycles. The van der Waals surface area contributed by atoms with Crippen molar-refractivity contribution in [1.29, 1.82) is 0 Å². The Hall–Kier alpha value is -2.99. The highest BCUT2D eigenvalue weighted by Crippen LogP contribution is 2.34. The van der Waals surface area contributed by atoms with E-state index in [1.54, 1.807) is 6.20 Å². The molecule has 0 fully saturated rings. The third kappa shape index (κ3) is 3.13. The Morgan fingerprint density at radius 2 is 2.04 bits per heavy atom. The fourth-order valence-electron chi connectivity index (χ4n) is 3.23. The van der Waals surface area contributed by atoms with Crippen LogP contribution < -0.4 is 5.32 Å². The monoisotopic (exact) mass is 376 g/mol. The van der Waals surface area contributed by atoms with Gasteiger partial charge in [-0.2, -0.15) is 0 Å². The highest BCUT2D eigenvalue weighted by Gasteiger charge is 2.19. The molecule has 0 atom stereocenters. The third-order valence-corrected chi connectivity index (χ3v) is 5.80. The van der Waals surface area contributed by atoms with Gasteiger partial charge < -0.3 is 9.88 Å². The fourth-order valence-corrected chi connectivity index (χ4v) is 4.22. The number of carbonyl (C=O) groups excluding carboxylic acids is 1. The highest BCUT2D eigenvalue weighted by atomic mass is 32.1. The Morgan fingerprint density at radius 3 is 2.85 bits per heavy atom. The minimum Gasteiger partial charge on any atom is -0.335 e. The van der Waals surface area contributed by atoms with Crippen LogP contribution in [0.1, 0.15) is 27.9 Å². The molecule has 1 aromatic carbocycles. The van der Waals surface area contributed by atoms with Crippen LogP contribution >= 0.6 is 11.3 Å². The first-order valence-electron chi connectivity index (χ1n) is 8.85. The molecule has 1 amide bonds. The fraction of sp³-hybridized carbons (Fsp3) is 0.190. The molecule has 5 nitrogen and oxygen atoms in total. The van der Waals surface area contributed by atoms with Gasteiger partial charge in [0.05, 0.1) is 5.69 Å². The highest BCUT2D eigenvalue weighted by molar-refractivity contribution is 7.17. The summed E-state index contributed by atoms with van der Waals surface area (Å²) in [6.07, 6.45) is 4.67. The zero-order valence-corrected chi connectivity index (χ0v) is 16.3. The summed E-state index contributed by atoms with van der Waals surface area (Å²) in [5.41, 5.74) is 4.62. The first kappa shape index (κ1) is 17.4. The molecule has 0 saturated heterocycles. The second-order valence-corrected chi connectivity index (χ2v) is 7.43. The van der Waals surface area contributed by atoms with Crippen LogP contribution in [-0.4, -0.2) is 20.4 Å². The van der Waals surface area contributed by atoms with Gasteiger partial charge in [0.1, 0.15) is 15.5 Å². The number of carbonyl (C=O) groups is 1. The van der Waals surface area contributed by atoms with Gasteiger partial charge >= 0.3 is 0 Å². The maximum Gasteiger partial charge on any atom is 0.267 e. The van der Waals surface area contributed by atoms with Gasteiger partial charge in [-0.25, -0.2) is 9.97 Å². The Labute approximate surface area is 161 Å². The summed E-state index contributed by atoms with van der Waals surface area (Å²) in [6.45, 7) is 3.96. The summed E-state index contributed by atoms with van der Waals surface area (Å²) in [6, 6.07) is 11.8. The van der Waals surface area contributed by atoms with Crippen molar-refractivity contribution in [2.75, 3.05) is 5.32 Å². The van der Waals surface area contributed by atoms with Crippen molar-refractivity contribution in [2.24, 2.45) is 7.05 Å². The molecule has 6 heteroatoms. The second kappa shape index (κ2) is 6.96. The first-order valence-corrected chi connectivity index (χ1v) is 9.67. The molecule has 0 unspecified atom stereocenters. The number of pyridine rings is 1. The van der Waals surface area contributed by atoms with Gasteiger partial charge in [-0.1, -0.05) is 25.1 Å². The first-order chi connectivity index (χ1) is 13.1. The van der Waals surface area contributed by atoms with E-state index in [4.69, 9.17) is 0 Å². The standard InChI is InChI=1S/C21H20N4OS/c1-4-14-8-5-6-10-17(14)24-20(26)18-13(2)23-21(27-18)16-12-25(3)19-15(16)9-7-11-22-19/h5-12H,4H2,1-3H3,(H,24,26). The maximum absolute atomic E-state index is 12.9. The van der Waals surface area contributed by atoms with E-state index in [2.05, 4.69) is 22.2 Å². The molecule has 4 aromatic rings. The van der Waals surface area contributed by atoms with E-state index in [1.807, 2.05) is 61.1 Å². The number of fused-ring (bicyclic) bond motifs is 1. The number of para-hydroxylation sites is 1. The molecule has 4 rings (SSSR count). The van der Waals surface area contributed by atoms with E-state index in [1.165, 1.54) is 11.3 Å². The summed E-state index contributed by atoms with van der Waals surface area (Å²) in [4.78, 5) is 22.6. The summed E-state index contributed by atoms with van der Waals surface area (Å²) in [5, 5.41) is 4.91. The number of benzene rings is 1. The van der Waals surface area contributed by atoms with Gasteiger partial charge in [-0.3, -0.25) is 4.79 Å². The van der Waals surface area contributed by atoms with E-state index in [0.717, 1.165) is 45.0 Å². The Morgan fingerprint density at radius 1 is 1.22 bits per heavy atom. The molecule has 0 aliphatic heterocycles. The van der Waals surface area contributed by atoms with E-state index >= 15 is 0 Å². The number of anilines is 1. The molecule has 0 radical (unpaired) electrons. The van der Waals surface area contributed by atoms with Gasteiger partial charge in [0.25, 0.3) is 5.91 Å². The molecule has 0 aliphatic carbocycles. The average molecular weight is 376 g/mol. The number of aromatic nitrogens is 3. The summed E-state index contributed by atoms with van der Waals surface area (Å²) in [5.74, 6) is -0.115. The van der Waals surface area contributed by atoms with E-state index < -0.39 is 0 Å². The van der Waals surface area contributed by atoms with Crippen LogP contribution in [0.3, 0.4) is 0 Å². The van der Waals surface area contributed by atoms with Crippen molar-refractivity contribution in [3.63, 3.8) is 0 Å². The zero-order chi connectivity index (χ0) is 19.0. The van der Waals surface area contributed by atoms with Crippen molar-refractivity contribution in [3.05, 3.63) is 64.9 Å². The lowest BCUT2D eigenvalue weighted by Gasteiger charge is -2.08. The minimum atomic E-state index is -0.115. The van der Waals surface area contributed by atoms with Gasteiger partial charge in [-0.15, -0.1) is 11.3 Å². The lowest BCUT2D eigenvalue weighted by molar-refractivity contribution is 0.102.